The van der Waals surface area contributed by atoms with Crippen LogP contribution in [0.4, 0.5) is 0 Å². The van der Waals surface area contributed by atoms with Gasteiger partial charge < -0.3 is 4.98 Å². The predicted octanol–water partition coefficient (Wildman–Crippen LogP) is 7.88. The lowest BCUT2D eigenvalue weighted by molar-refractivity contribution is 0.798. The zero-order valence-electron chi connectivity index (χ0n) is 19.9. The molecule has 1 N–H and O–H groups in total. The van der Waals surface area contributed by atoms with Gasteiger partial charge in [0.15, 0.2) is 0 Å². The molecule has 174 valence electrons. The molecule has 0 fully saturated rings. The smallest absolute Gasteiger partial charge is 0.0486 e. The Morgan fingerprint density at radius 1 is 0.676 bits per heavy atom. The molecule has 1 nitrogen and oxygen atoms in total. The minimum atomic E-state index is -0.467. The van der Waals surface area contributed by atoms with Crippen molar-refractivity contribution in [2.24, 2.45) is 0 Å². The monoisotopic (exact) mass is 577 g/mol. The lowest BCUT2D eigenvalue weighted by Gasteiger charge is -2.21. The van der Waals surface area contributed by atoms with Crippen molar-refractivity contribution in [1.29, 1.82) is 0 Å². The first-order valence-corrected chi connectivity index (χ1v) is 13.1. The first kappa shape index (κ1) is 26.2. The number of fused-ring (bicyclic) bond motifs is 1. The van der Waals surface area contributed by atoms with E-state index >= 15 is 0 Å². The zero-order valence-corrected chi connectivity index (χ0v) is 23.2. The third-order valence-electron chi connectivity index (χ3n) is 5.86. The fourth-order valence-electron chi connectivity index (χ4n) is 4.12. The maximum atomic E-state index is 3.30. The maximum absolute atomic E-state index is 3.30. The van der Waals surface area contributed by atoms with Crippen LogP contribution in [-0.4, -0.2) is 4.98 Å². The lowest BCUT2D eigenvalue weighted by Crippen LogP contribution is -2.22. The largest absolute Gasteiger partial charge is 0.361 e. The van der Waals surface area contributed by atoms with Crippen LogP contribution < -0.4 is 15.9 Å². The standard InChI is InChI=1S/C19H17P.C12H15N.HI/c1-16-10-8-9-15-19(16)20(17-11-4-2-5-12-17)18-13-6-3-7-14-18;1-2-3-5-10-6-4-7-11-8-9-13-12(10)11;/h2-15H,1H3;4,6-9,13H,2-3,5H2,1H3;1H. The van der Waals surface area contributed by atoms with Crippen LogP contribution in [-0.2, 0) is 6.42 Å². The van der Waals surface area contributed by atoms with E-state index in [0.717, 1.165) is 0 Å². The van der Waals surface area contributed by atoms with Gasteiger partial charge in [0.05, 0.1) is 0 Å². The summed E-state index contributed by atoms with van der Waals surface area (Å²) in [6.07, 6.45) is 5.74. The number of H-pyrrole nitrogens is 1. The zero-order chi connectivity index (χ0) is 22.9. The second-order valence-corrected chi connectivity index (χ2v) is 10.4. The third kappa shape index (κ3) is 6.58. The van der Waals surface area contributed by atoms with Crippen LogP contribution in [0.2, 0.25) is 0 Å². The van der Waals surface area contributed by atoms with Crippen molar-refractivity contribution in [3.8, 4) is 0 Å². The normalized spacial score (nSPS) is 10.4. The summed E-state index contributed by atoms with van der Waals surface area (Å²) in [5.74, 6) is 0. The Morgan fingerprint density at radius 3 is 1.91 bits per heavy atom. The van der Waals surface area contributed by atoms with E-state index in [1.54, 1.807) is 0 Å². The molecule has 5 rings (SSSR count). The van der Waals surface area contributed by atoms with Crippen molar-refractivity contribution in [2.75, 3.05) is 0 Å². The molecule has 0 aliphatic carbocycles. The van der Waals surface area contributed by atoms with Crippen molar-refractivity contribution in [3.05, 3.63) is 127 Å². The Morgan fingerprint density at radius 2 is 1.29 bits per heavy atom. The molecule has 0 aliphatic rings. The van der Waals surface area contributed by atoms with Crippen LogP contribution in [0.5, 0.6) is 0 Å². The summed E-state index contributed by atoms with van der Waals surface area (Å²) in [6, 6.07) is 39.0. The summed E-state index contributed by atoms with van der Waals surface area (Å²) >= 11 is 0. The predicted molar refractivity (Wildman–Crippen MR) is 162 cm³/mol. The van der Waals surface area contributed by atoms with E-state index in [1.807, 2.05) is 6.20 Å². The first-order valence-electron chi connectivity index (χ1n) is 11.8. The Balaban J connectivity index is 0.000000201. The molecular formula is C31H33INP. The molecule has 0 bridgehead atoms. The molecule has 1 heterocycles. The van der Waals surface area contributed by atoms with E-state index in [-0.39, 0.29) is 24.0 Å². The van der Waals surface area contributed by atoms with Gasteiger partial charge in [0.1, 0.15) is 0 Å². The molecule has 0 spiro atoms. The number of benzene rings is 4. The SMILES string of the molecule is CCCCc1cccc2cc[nH]c12.Cc1ccccc1P(c1ccccc1)c1ccccc1.I. The van der Waals surface area contributed by atoms with Crippen LogP contribution in [0, 0.1) is 6.92 Å². The molecule has 1 aromatic heterocycles. The van der Waals surface area contributed by atoms with Gasteiger partial charge in [-0.15, -0.1) is 24.0 Å². The fraction of sp³-hybridized carbons (Fsp3) is 0.161. The summed E-state index contributed by atoms with van der Waals surface area (Å²) < 4.78 is 0. The minimum Gasteiger partial charge on any atom is -0.361 e. The molecule has 0 unspecified atom stereocenters. The first-order chi connectivity index (χ1) is 16.3. The molecule has 0 saturated heterocycles. The quantitative estimate of drug-likeness (QED) is 0.156. The average molecular weight is 577 g/mol. The molecule has 5 aromatic rings. The molecule has 0 atom stereocenters. The van der Waals surface area contributed by atoms with Gasteiger partial charge in [-0.05, 0) is 66.2 Å². The number of hydrogen-bond donors (Lipinski definition) is 1. The van der Waals surface area contributed by atoms with E-state index in [9.17, 15) is 0 Å². The van der Waals surface area contributed by atoms with Crippen LogP contribution in [0.15, 0.2) is 115 Å². The number of para-hydroxylation sites is 1. The Hall–Kier alpha value is -2.42. The van der Waals surface area contributed by atoms with Gasteiger partial charge in [-0.3, -0.25) is 0 Å². The topological polar surface area (TPSA) is 15.8 Å². The Bertz CT molecular complexity index is 1220. The Kier molecular flexibility index (Phi) is 10.4. The summed E-state index contributed by atoms with van der Waals surface area (Å²) in [5, 5.41) is 5.58. The van der Waals surface area contributed by atoms with Gasteiger partial charge in [-0.25, -0.2) is 0 Å². The van der Waals surface area contributed by atoms with Crippen molar-refractivity contribution in [2.45, 2.75) is 33.1 Å². The Labute approximate surface area is 222 Å². The molecule has 0 amide bonds. The van der Waals surface area contributed by atoms with E-state index in [4.69, 9.17) is 0 Å². The van der Waals surface area contributed by atoms with Crippen molar-refractivity contribution < 1.29 is 0 Å². The highest BCUT2D eigenvalue weighted by atomic mass is 127. The maximum Gasteiger partial charge on any atom is 0.0486 e. The van der Waals surface area contributed by atoms with E-state index in [0.29, 0.717) is 0 Å². The highest BCUT2D eigenvalue weighted by Gasteiger charge is 2.17. The van der Waals surface area contributed by atoms with Gasteiger partial charge in [-0.2, -0.15) is 0 Å². The molecule has 3 heteroatoms. The number of aromatic nitrogens is 1. The number of hydrogen-bond acceptors (Lipinski definition) is 0. The van der Waals surface area contributed by atoms with Crippen molar-refractivity contribution >= 4 is 58.7 Å². The van der Waals surface area contributed by atoms with E-state index < -0.39 is 7.92 Å². The lowest BCUT2D eigenvalue weighted by atomic mass is 10.1. The van der Waals surface area contributed by atoms with Crippen LogP contribution in [0.3, 0.4) is 0 Å². The third-order valence-corrected chi connectivity index (χ3v) is 8.47. The molecule has 0 saturated carbocycles. The number of unbranched alkanes of at least 4 members (excludes halogenated alkanes) is 1. The van der Waals surface area contributed by atoms with Crippen molar-refractivity contribution in [3.63, 3.8) is 0 Å². The second kappa shape index (κ2) is 13.5. The number of aromatic amines is 1. The molecule has 4 aromatic carbocycles. The highest BCUT2D eigenvalue weighted by Crippen LogP contribution is 2.33. The van der Waals surface area contributed by atoms with Crippen LogP contribution in [0.1, 0.15) is 30.9 Å². The number of rotatable bonds is 6. The number of nitrogens with one attached hydrogen (secondary N) is 1. The van der Waals surface area contributed by atoms with Gasteiger partial charge in [0.2, 0.25) is 0 Å². The molecule has 0 radical (unpaired) electrons. The van der Waals surface area contributed by atoms with Crippen LogP contribution >= 0.6 is 31.9 Å². The summed E-state index contributed by atoms with van der Waals surface area (Å²) in [7, 11) is -0.467. The summed E-state index contributed by atoms with van der Waals surface area (Å²) in [4.78, 5) is 3.30. The van der Waals surface area contributed by atoms with Crippen molar-refractivity contribution in [1.82, 2.24) is 4.98 Å². The molecule has 0 aliphatic heterocycles. The van der Waals surface area contributed by atoms with E-state index in [1.165, 1.54) is 57.2 Å². The fourth-order valence-corrected chi connectivity index (χ4v) is 6.58. The van der Waals surface area contributed by atoms with Crippen LogP contribution in [0.25, 0.3) is 10.9 Å². The second-order valence-electron chi connectivity index (χ2n) is 8.26. The minimum absolute atomic E-state index is 0. The summed E-state index contributed by atoms with van der Waals surface area (Å²) in [6.45, 7) is 4.44. The highest BCUT2D eigenvalue weighted by molar-refractivity contribution is 14.0. The number of halogens is 1. The molecule has 34 heavy (non-hydrogen) atoms. The van der Waals surface area contributed by atoms with Gasteiger partial charge in [0, 0.05) is 11.7 Å². The van der Waals surface area contributed by atoms with Gasteiger partial charge in [-0.1, -0.05) is 116 Å². The molecular weight excluding hydrogens is 544 g/mol. The van der Waals surface area contributed by atoms with Gasteiger partial charge in [0.25, 0.3) is 0 Å². The number of aryl methyl sites for hydroxylation is 2. The summed E-state index contributed by atoms with van der Waals surface area (Å²) in [5.41, 5.74) is 4.13. The van der Waals surface area contributed by atoms with E-state index in [2.05, 4.69) is 128 Å². The van der Waals surface area contributed by atoms with Gasteiger partial charge >= 0.3 is 0 Å². The average Bonchev–Trinajstić information content (AvgIpc) is 3.36.